The van der Waals surface area contributed by atoms with Crippen LogP contribution in [0.5, 0.6) is 5.75 Å². The lowest BCUT2D eigenvalue weighted by Crippen LogP contribution is -2.32. The van der Waals surface area contributed by atoms with Crippen LogP contribution in [0.3, 0.4) is 0 Å². The second kappa shape index (κ2) is 6.86. The van der Waals surface area contributed by atoms with E-state index in [1.54, 1.807) is 7.11 Å². The van der Waals surface area contributed by atoms with Gasteiger partial charge in [-0.15, -0.1) is 0 Å². The number of methoxy groups -OCH3 is 1. The molecule has 3 rings (SSSR count). The first kappa shape index (κ1) is 14.3. The molecule has 20 heavy (non-hydrogen) atoms. The van der Waals surface area contributed by atoms with Crippen molar-refractivity contribution in [2.24, 2.45) is 0 Å². The van der Waals surface area contributed by atoms with E-state index in [-0.39, 0.29) is 0 Å². The Bertz CT molecular complexity index is 443. The molecule has 3 heteroatoms. The number of rotatable bonds is 4. The average Bonchev–Trinajstić information content (AvgIpc) is 2.53. The highest BCUT2D eigenvalue weighted by Crippen LogP contribution is 2.33. The number of aryl methyl sites for hydroxylation is 1. The van der Waals surface area contributed by atoms with E-state index >= 15 is 0 Å². The topological polar surface area (TPSA) is 21.3 Å². The van der Waals surface area contributed by atoms with Gasteiger partial charge in [-0.05, 0) is 61.1 Å². The van der Waals surface area contributed by atoms with Crippen LogP contribution < -0.4 is 10.1 Å². The van der Waals surface area contributed by atoms with E-state index in [0.717, 1.165) is 17.5 Å². The van der Waals surface area contributed by atoms with Crippen LogP contribution in [0.4, 0.5) is 0 Å². The van der Waals surface area contributed by atoms with Gasteiger partial charge >= 0.3 is 0 Å². The van der Waals surface area contributed by atoms with Gasteiger partial charge in [0.25, 0.3) is 0 Å². The number of benzene rings is 1. The van der Waals surface area contributed by atoms with Gasteiger partial charge in [0.2, 0.25) is 0 Å². The fraction of sp³-hybridized carbons (Fsp3) is 0.647. The molecule has 1 heterocycles. The number of hydrogen-bond donors (Lipinski definition) is 1. The largest absolute Gasteiger partial charge is 0.497 e. The summed E-state index contributed by atoms with van der Waals surface area (Å²) in [6.07, 6.45) is 7.98. The van der Waals surface area contributed by atoms with Gasteiger partial charge in [-0.25, -0.2) is 0 Å². The predicted molar refractivity (Wildman–Crippen MR) is 86.8 cm³/mol. The zero-order valence-electron chi connectivity index (χ0n) is 12.4. The summed E-state index contributed by atoms with van der Waals surface area (Å²) in [5.41, 5.74) is 2.97. The molecule has 0 bridgehead atoms. The molecule has 1 fully saturated rings. The van der Waals surface area contributed by atoms with Crippen molar-refractivity contribution in [2.45, 2.75) is 49.8 Å². The molecule has 1 aliphatic heterocycles. The monoisotopic (exact) mass is 291 g/mol. The van der Waals surface area contributed by atoms with Gasteiger partial charge in [0, 0.05) is 17.8 Å². The Hall–Kier alpha value is -0.670. The second-order valence-electron chi connectivity index (χ2n) is 5.91. The van der Waals surface area contributed by atoms with Gasteiger partial charge in [0.05, 0.1) is 7.11 Å². The smallest absolute Gasteiger partial charge is 0.119 e. The predicted octanol–water partition coefficient (Wildman–Crippen LogP) is 3.95. The SMILES string of the molecule is COc1ccc2c(c1)C(NCC1CCCCS1)CCC2. The first-order valence-corrected chi connectivity index (χ1v) is 8.93. The van der Waals surface area contributed by atoms with Crippen LogP contribution in [-0.4, -0.2) is 24.7 Å². The molecular weight excluding hydrogens is 266 g/mol. The average molecular weight is 291 g/mol. The summed E-state index contributed by atoms with van der Waals surface area (Å²) in [5.74, 6) is 2.34. The Morgan fingerprint density at radius 1 is 1.25 bits per heavy atom. The summed E-state index contributed by atoms with van der Waals surface area (Å²) in [5, 5.41) is 4.64. The maximum atomic E-state index is 5.39. The van der Waals surface area contributed by atoms with Gasteiger partial charge in [-0.1, -0.05) is 12.5 Å². The Morgan fingerprint density at radius 3 is 3.00 bits per heavy atom. The van der Waals surface area contributed by atoms with Crippen molar-refractivity contribution in [3.63, 3.8) is 0 Å². The fourth-order valence-electron chi connectivity index (χ4n) is 3.36. The van der Waals surface area contributed by atoms with E-state index in [1.807, 2.05) is 0 Å². The Balaban J connectivity index is 1.65. The molecule has 2 aliphatic rings. The standard InChI is InChI=1S/C17H25NOS/c1-19-14-9-8-13-5-4-7-17(16(13)11-14)18-12-15-6-2-3-10-20-15/h8-9,11,15,17-18H,2-7,10,12H2,1H3. The lowest BCUT2D eigenvalue weighted by molar-refractivity contribution is 0.408. The molecule has 0 amide bonds. The maximum Gasteiger partial charge on any atom is 0.119 e. The van der Waals surface area contributed by atoms with Crippen LogP contribution in [0.25, 0.3) is 0 Å². The lowest BCUT2D eigenvalue weighted by Gasteiger charge is -2.29. The van der Waals surface area contributed by atoms with E-state index in [0.29, 0.717) is 6.04 Å². The van der Waals surface area contributed by atoms with E-state index in [4.69, 9.17) is 4.74 Å². The maximum absolute atomic E-state index is 5.39. The molecule has 110 valence electrons. The van der Waals surface area contributed by atoms with Crippen molar-refractivity contribution in [1.29, 1.82) is 0 Å². The fourth-order valence-corrected chi connectivity index (χ4v) is 4.61. The summed E-state index contributed by atoms with van der Waals surface area (Å²) in [4.78, 5) is 0. The van der Waals surface area contributed by atoms with Crippen molar-refractivity contribution >= 4 is 11.8 Å². The van der Waals surface area contributed by atoms with Crippen molar-refractivity contribution in [3.8, 4) is 5.75 Å². The van der Waals surface area contributed by atoms with Gasteiger partial charge < -0.3 is 10.1 Å². The summed E-state index contributed by atoms with van der Waals surface area (Å²) in [7, 11) is 1.76. The van der Waals surface area contributed by atoms with Crippen LogP contribution in [0, 0.1) is 0 Å². The van der Waals surface area contributed by atoms with E-state index in [9.17, 15) is 0 Å². The van der Waals surface area contributed by atoms with Crippen LogP contribution >= 0.6 is 11.8 Å². The molecule has 1 aromatic carbocycles. The number of ether oxygens (including phenoxy) is 1. The lowest BCUT2D eigenvalue weighted by atomic mass is 9.87. The summed E-state index contributed by atoms with van der Waals surface area (Å²) >= 11 is 2.15. The third-order valence-electron chi connectivity index (χ3n) is 4.53. The molecule has 1 saturated heterocycles. The highest BCUT2D eigenvalue weighted by atomic mass is 32.2. The first-order valence-electron chi connectivity index (χ1n) is 7.88. The highest BCUT2D eigenvalue weighted by molar-refractivity contribution is 7.99. The third-order valence-corrected chi connectivity index (χ3v) is 5.93. The van der Waals surface area contributed by atoms with Crippen LogP contribution in [0.15, 0.2) is 18.2 Å². The van der Waals surface area contributed by atoms with E-state index in [1.165, 1.54) is 55.4 Å². The number of hydrogen-bond acceptors (Lipinski definition) is 3. The number of thioether (sulfide) groups is 1. The summed E-state index contributed by atoms with van der Waals surface area (Å²) < 4.78 is 5.39. The van der Waals surface area contributed by atoms with Crippen LogP contribution in [-0.2, 0) is 6.42 Å². The molecular formula is C17H25NOS. The zero-order chi connectivity index (χ0) is 13.8. The molecule has 2 nitrogen and oxygen atoms in total. The first-order chi connectivity index (χ1) is 9.86. The molecule has 0 aromatic heterocycles. The van der Waals surface area contributed by atoms with E-state index < -0.39 is 0 Å². The zero-order valence-corrected chi connectivity index (χ0v) is 13.2. The van der Waals surface area contributed by atoms with Crippen molar-refractivity contribution in [2.75, 3.05) is 19.4 Å². The Morgan fingerprint density at radius 2 is 2.20 bits per heavy atom. The second-order valence-corrected chi connectivity index (χ2v) is 7.31. The normalized spacial score (nSPS) is 26.1. The van der Waals surface area contributed by atoms with Crippen molar-refractivity contribution < 1.29 is 4.74 Å². The third kappa shape index (κ3) is 3.32. The quantitative estimate of drug-likeness (QED) is 0.907. The Kier molecular flexibility index (Phi) is 4.90. The minimum atomic E-state index is 0.524. The van der Waals surface area contributed by atoms with Gasteiger partial charge in [-0.3, -0.25) is 0 Å². The van der Waals surface area contributed by atoms with E-state index in [2.05, 4.69) is 35.3 Å². The molecule has 1 aliphatic carbocycles. The van der Waals surface area contributed by atoms with Gasteiger partial charge in [-0.2, -0.15) is 11.8 Å². The molecule has 0 saturated carbocycles. The van der Waals surface area contributed by atoms with Gasteiger partial charge in [0.15, 0.2) is 0 Å². The van der Waals surface area contributed by atoms with Gasteiger partial charge in [0.1, 0.15) is 5.75 Å². The van der Waals surface area contributed by atoms with Crippen LogP contribution in [0.2, 0.25) is 0 Å². The molecule has 2 unspecified atom stereocenters. The van der Waals surface area contributed by atoms with Crippen molar-refractivity contribution in [3.05, 3.63) is 29.3 Å². The summed E-state index contributed by atoms with van der Waals surface area (Å²) in [6, 6.07) is 7.10. The van der Waals surface area contributed by atoms with Crippen LogP contribution in [0.1, 0.15) is 49.3 Å². The van der Waals surface area contributed by atoms with Crippen molar-refractivity contribution in [1.82, 2.24) is 5.32 Å². The highest BCUT2D eigenvalue weighted by Gasteiger charge is 2.22. The minimum absolute atomic E-state index is 0.524. The molecule has 0 radical (unpaired) electrons. The molecule has 1 aromatic rings. The molecule has 1 N–H and O–H groups in total. The summed E-state index contributed by atoms with van der Waals surface area (Å²) in [6.45, 7) is 1.16. The minimum Gasteiger partial charge on any atom is -0.497 e. The number of nitrogens with one attached hydrogen (secondary N) is 1. The Labute approximate surface area is 126 Å². The number of fused-ring (bicyclic) bond motifs is 1. The molecule has 2 atom stereocenters. The molecule has 0 spiro atoms.